The zero-order valence-electron chi connectivity index (χ0n) is 21.3. The number of aromatic hydroxyl groups is 1. The highest BCUT2D eigenvalue weighted by Crippen LogP contribution is 2.44. The summed E-state index contributed by atoms with van der Waals surface area (Å²) in [6.45, 7) is 3.29. The lowest BCUT2D eigenvalue weighted by Crippen LogP contribution is -2.30. The third-order valence-corrected chi connectivity index (χ3v) is 6.98. The summed E-state index contributed by atoms with van der Waals surface area (Å²) in [6, 6.07) is 15.9. The number of hydrogen-bond acceptors (Lipinski definition) is 8. The van der Waals surface area contributed by atoms with E-state index in [1.807, 2.05) is 30.1 Å². The Morgan fingerprint density at radius 1 is 1.15 bits per heavy atom. The van der Waals surface area contributed by atoms with Gasteiger partial charge in [0.2, 0.25) is 5.95 Å². The van der Waals surface area contributed by atoms with Gasteiger partial charge in [-0.3, -0.25) is 14.5 Å². The van der Waals surface area contributed by atoms with Crippen molar-refractivity contribution < 1.29 is 29.3 Å². The number of benzene rings is 3. The number of Topliss-reactive ketones (excluding diaryl/α,β-unsaturated/α-hetero) is 1. The summed E-state index contributed by atoms with van der Waals surface area (Å²) >= 11 is 0. The van der Waals surface area contributed by atoms with Crippen molar-refractivity contribution in [3.63, 3.8) is 0 Å². The second kappa shape index (κ2) is 9.39. The lowest BCUT2D eigenvalue weighted by Gasteiger charge is -2.28. The fourth-order valence-electron chi connectivity index (χ4n) is 5.05. The van der Waals surface area contributed by atoms with Crippen LogP contribution in [-0.2, 0) is 9.59 Å². The molecule has 0 aliphatic carbocycles. The van der Waals surface area contributed by atoms with E-state index in [0.717, 1.165) is 5.69 Å². The van der Waals surface area contributed by atoms with Crippen molar-refractivity contribution in [1.29, 1.82) is 0 Å². The Morgan fingerprint density at radius 3 is 2.77 bits per heavy atom. The molecule has 0 spiro atoms. The number of carbonyl (C=O) groups excluding carboxylic acids is 2. The van der Waals surface area contributed by atoms with E-state index in [2.05, 4.69) is 9.97 Å². The number of nitrogens with one attached hydrogen (secondary N) is 1. The number of ketones is 1. The van der Waals surface area contributed by atoms with Crippen molar-refractivity contribution >= 4 is 40.1 Å². The number of aromatic amines is 1. The number of aromatic nitrogens is 2. The van der Waals surface area contributed by atoms with Gasteiger partial charge in [0, 0.05) is 12.6 Å². The van der Waals surface area contributed by atoms with Gasteiger partial charge in [0.1, 0.15) is 18.1 Å². The maximum absolute atomic E-state index is 13.6. The molecule has 198 valence electrons. The first-order chi connectivity index (χ1) is 18.9. The number of aliphatic hydroxyl groups is 1. The summed E-state index contributed by atoms with van der Waals surface area (Å²) < 4.78 is 11.3. The van der Waals surface area contributed by atoms with E-state index in [4.69, 9.17) is 9.47 Å². The third-order valence-electron chi connectivity index (χ3n) is 6.98. The topological polar surface area (TPSA) is 128 Å². The molecule has 1 unspecified atom stereocenters. The highest BCUT2D eigenvalue weighted by atomic mass is 16.5. The van der Waals surface area contributed by atoms with Crippen LogP contribution in [0.1, 0.15) is 24.1 Å². The number of para-hydroxylation sites is 2. The molecule has 0 saturated carbocycles. The number of phenols is 1. The largest absolute Gasteiger partial charge is 0.507 e. The fraction of sp³-hybridized carbons (Fsp3) is 0.207. The van der Waals surface area contributed by atoms with Crippen molar-refractivity contribution in [2.24, 2.45) is 0 Å². The van der Waals surface area contributed by atoms with Gasteiger partial charge in [0.25, 0.3) is 5.78 Å². The Morgan fingerprint density at radius 2 is 1.97 bits per heavy atom. The molecule has 1 fully saturated rings. The van der Waals surface area contributed by atoms with Gasteiger partial charge in [0.05, 0.1) is 41.5 Å². The van der Waals surface area contributed by atoms with Gasteiger partial charge < -0.3 is 29.6 Å². The highest BCUT2D eigenvalue weighted by molar-refractivity contribution is 6.51. The van der Waals surface area contributed by atoms with E-state index in [-0.39, 0.29) is 28.8 Å². The molecule has 2 aliphatic heterocycles. The van der Waals surface area contributed by atoms with E-state index in [9.17, 15) is 19.8 Å². The van der Waals surface area contributed by atoms with Gasteiger partial charge in [-0.15, -0.1) is 0 Å². The predicted octanol–water partition coefficient (Wildman–Crippen LogP) is 4.12. The number of imidazole rings is 1. The van der Waals surface area contributed by atoms with Crippen molar-refractivity contribution in [1.82, 2.24) is 9.97 Å². The van der Waals surface area contributed by atoms with Gasteiger partial charge in [-0.25, -0.2) is 4.98 Å². The third kappa shape index (κ3) is 4.01. The Labute approximate surface area is 223 Å². The highest BCUT2D eigenvalue weighted by Gasteiger charge is 2.48. The minimum absolute atomic E-state index is 0.0842. The minimum atomic E-state index is -1.05. The summed E-state index contributed by atoms with van der Waals surface area (Å²) in [5.74, 6) is -1.09. The molecule has 1 amide bonds. The molecule has 6 rings (SSSR count). The molecule has 39 heavy (non-hydrogen) atoms. The normalized spacial score (nSPS) is 18.4. The average molecular weight is 527 g/mol. The molecule has 3 aromatic carbocycles. The first-order valence-electron chi connectivity index (χ1n) is 12.6. The van der Waals surface area contributed by atoms with Gasteiger partial charge in [-0.1, -0.05) is 18.2 Å². The molecular weight excluding hydrogens is 500 g/mol. The molecule has 1 aromatic heterocycles. The Kier molecular flexibility index (Phi) is 5.86. The molecule has 4 aromatic rings. The predicted molar refractivity (Wildman–Crippen MR) is 145 cm³/mol. The number of rotatable bonds is 5. The number of aliphatic hydroxyl groups excluding tert-OH is 1. The lowest BCUT2D eigenvalue weighted by molar-refractivity contribution is -0.132. The molecule has 0 radical (unpaired) electrons. The number of fused-ring (bicyclic) bond motifs is 2. The Bertz CT molecular complexity index is 1630. The molecule has 10 heteroatoms. The van der Waals surface area contributed by atoms with Gasteiger partial charge in [-0.2, -0.15) is 0 Å². The SMILES string of the molecule is CCOc1cc(C2/C(=C(\O)c3ccc4c(c3)N(C)CCO4)C(=O)C(=O)N2c2nc3ccccc3[nH]2)ccc1O. The second-order valence-electron chi connectivity index (χ2n) is 9.36. The number of phenolic OH excluding ortho intramolecular Hbond substituents is 1. The maximum Gasteiger partial charge on any atom is 0.302 e. The first kappa shape index (κ1) is 24.4. The van der Waals surface area contributed by atoms with Crippen molar-refractivity contribution in [3.8, 4) is 17.2 Å². The average Bonchev–Trinajstić information content (AvgIpc) is 3.48. The molecule has 2 aliphatic rings. The zero-order chi connectivity index (χ0) is 27.3. The summed E-state index contributed by atoms with van der Waals surface area (Å²) in [5, 5.41) is 21.9. The number of likely N-dealkylation sites (N-methyl/N-ethyl adjacent to an activating group) is 1. The van der Waals surface area contributed by atoms with Gasteiger partial charge >= 0.3 is 5.91 Å². The van der Waals surface area contributed by atoms with Crippen molar-refractivity contribution in [3.05, 3.63) is 77.4 Å². The smallest absolute Gasteiger partial charge is 0.302 e. The van der Waals surface area contributed by atoms with E-state index < -0.39 is 17.7 Å². The Hall–Kier alpha value is -4.99. The van der Waals surface area contributed by atoms with Gasteiger partial charge in [0.15, 0.2) is 11.5 Å². The fourth-order valence-corrected chi connectivity index (χ4v) is 5.05. The van der Waals surface area contributed by atoms with Crippen LogP contribution >= 0.6 is 0 Å². The van der Waals surface area contributed by atoms with E-state index in [0.29, 0.717) is 47.7 Å². The van der Waals surface area contributed by atoms with Crippen LogP contribution in [0.2, 0.25) is 0 Å². The number of anilines is 2. The van der Waals surface area contributed by atoms with Crippen LogP contribution in [0.25, 0.3) is 16.8 Å². The molecular formula is C29H26N4O6. The standard InChI is InChI=1S/C29H26N4O6/c1-3-38-23-15-16(8-10-21(23)34)25-24(26(35)17-9-11-22-20(14-17)32(2)12-13-39-22)27(36)28(37)33(25)29-30-18-6-4-5-7-19(18)31-29/h4-11,14-15,25,34-35H,3,12-13H2,1-2H3,(H,30,31)/b26-24+. The first-order valence-corrected chi connectivity index (χ1v) is 12.6. The zero-order valence-corrected chi connectivity index (χ0v) is 21.3. The van der Waals surface area contributed by atoms with E-state index >= 15 is 0 Å². The minimum Gasteiger partial charge on any atom is -0.507 e. The van der Waals surface area contributed by atoms with Crippen molar-refractivity contribution in [2.45, 2.75) is 13.0 Å². The van der Waals surface area contributed by atoms with Crippen LogP contribution in [-0.4, -0.2) is 58.7 Å². The molecule has 3 N–H and O–H groups in total. The lowest BCUT2D eigenvalue weighted by atomic mass is 9.94. The molecule has 0 bridgehead atoms. The molecule has 1 atom stereocenters. The summed E-state index contributed by atoms with van der Waals surface area (Å²) in [7, 11) is 1.91. The maximum atomic E-state index is 13.6. The number of nitrogens with zero attached hydrogens (tertiary/aromatic N) is 3. The van der Waals surface area contributed by atoms with Crippen LogP contribution in [0.4, 0.5) is 11.6 Å². The van der Waals surface area contributed by atoms with E-state index in [1.54, 1.807) is 43.3 Å². The number of ether oxygens (including phenoxy) is 2. The summed E-state index contributed by atoms with van der Waals surface area (Å²) in [6.07, 6.45) is 0. The summed E-state index contributed by atoms with van der Waals surface area (Å²) in [5.41, 5.74) is 2.78. The van der Waals surface area contributed by atoms with E-state index in [1.165, 1.54) is 11.0 Å². The quantitative estimate of drug-likeness (QED) is 0.201. The van der Waals surface area contributed by atoms with Crippen LogP contribution < -0.4 is 19.3 Å². The monoisotopic (exact) mass is 526 g/mol. The van der Waals surface area contributed by atoms with Crippen LogP contribution in [0.3, 0.4) is 0 Å². The van der Waals surface area contributed by atoms with Crippen LogP contribution in [0.5, 0.6) is 17.2 Å². The molecule has 3 heterocycles. The second-order valence-corrected chi connectivity index (χ2v) is 9.36. The summed E-state index contributed by atoms with van der Waals surface area (Å²) in [4.78, 5) is 38.0. The molecule has 10 nitrogen and oxygen atoms in total. The molecule has 1 saturated heterocycles. The van der Waals surface area contributed by atoms with Crippen molar-refractivity contribution in [2.75, 3.05) is 36.6 Å². The number of amides is 1. The number of hydrogen-bond donors (Lipinski definition) is 3. The van der Waals surface area contributed by atoms with Crippen LogP contribution in [0.15, 0.2) is 66.2 Å². The van der Waals surface area contributed by atoms with Gasteiger partial charge in [-0.05, 0) is 55.0 Å². The van der Waals surface area contributed by atoms with Crippen LogP contribution in [0, 0.1) is 0 Å². The Balaban J connectivity index is 1.56. The number of H-pyrrole nitrogens is 1. The number of carbonyl (C=O) groups is 2.